The fourth-order valence-electron chi connectivity index (χ4n) is 7.71. The number of fused-ring (bicyclic) bond motifs is 5. The zero-order valence-electron chi connectivity index (χ0n) is 29.4. The molecule has 9 rings (SSSR count). The number of rotatable bonds is 5. The number of pyridine rings is 1. The van der Waals surface area contributed by atoms with Crippen molar-refractivity contribution in [3.63, 3.8) is 0 Å². The Kier molecular flexibility index (Phi) is 8.27. The maximum Gasteiger partial charge on any atom is 2.00 e. The van der Waals surface area contributed by atoms with Crippen molar-refractivity contribution in [3.8, 4) is 51.3 Å². The molecule has 0 radical (unpaired) electrons. The Balaban J connectivity index is 0.00000374. The summed E-state index contributed by atoms with van der Waals surface area (Å²) in [7, 11) is 0. The van der Waals surface area contributed by atoms with Gasteiger partial charge >= 0.3 is 21.1 Å². The van der Waals surface area contributed by atoms with Crippen molar-refractivity contribution in [1.82, 2.24) is 14.5 Å². The molecule has 51 heavy (non-hydrogen) atoms. The van der Waals surface area contributed by atoms with Crippen molar-refractivity contribution < 1.29 is 30.5 Å². The van der Waals surface area contributed by atoms with E-state index >= 15 is 0 Å². The summed E-state index contributed by atoms with van der Waals surface area (Å²) in [6.45, 7) is 13.0. The summed E-state index contributed by atoms with van der Waals surface area (Å²) in [5.41, 5.74) is 13.5. The molecule has 252 valence electrons. The van der Waals surface area contributed by atoms with Gasteiger partial charge in [0.25, 0.3) is 0 Å². The van der Waals surface area contributed by atoms with Gasteiger partial charge in [-0.3, -0.25) is 4.98 Å². The summed E-state index contributed by atoms with van der Waals surface area (Å²) < 4.78 is 16.1. The number of nitrogens with zero attached hydrogens (tertiary/aromatic N) is 3. The second kappa shape index (κ2) is 12.7. The van der Waals surface area contributed by atoms with Gasteiger partial charge in [-0.1, -0.05) is 70.2 Å². The number of hydrogen-bond donors (Lipinski definition) is 0. The van der Waals surface area contributed by atoms with Crippen molar-refractivity contribution in [1.29, 1.82) is 0 Å². The van der Waals surface area contributed by atoms with E-state index in [1.54, 1.807) is 0 Å². The maximum atomic E-state index is 6.92. The molecule has 0 spiro atoms. The van der Waals surface area contributed by atoms with Gasteiger partial charge in [-0.25, -0.2) is 0 Å². The summed E-state index contributed by atoms with van der Waals surface area (Å²) in [6.07, 6.45) is 1.82. The third-order valence-electron chi connectivity index (χ3n) is 10.1. The van der Waals surface area contributed by atoms with Gasteiger partial charge in [0.1, 0.15) is 11.5 Å². The van der Waals surface area contributed by atoms with Gasteiger partial charge in [-0.15, -0.1) is 58.5 Å². The summed E-state index contributed by atoms with van der Waals surface area (Å²) in [5, 5.41) is 0. The molecule has 0 saturated heterocycles. The minimum absolute atomic E-state index is 0. The predicted octanol–water partition coefficient (Wildman–Crippen LogP) is 8.94. The van der Waals surface area contributed by atoms with Crippen molar-refractivity contribution in [2.45, 2.75) is 53.4 Å². The van der Waals surface area contributed by atoms with E-state index in [2.05, 4.69) is 130 Å². The molecule has 0 aliphatic carbocycles. The Morgan fingerprint density at radius 1 is 0.686 bits per heavy atom. The normalized spacial score (nSPS) is 12.6. The molecule has 7 heteroatoms. The summed E-state index contributed by atoms with van der Waals surface area (Å²) >= 11 is 0. The van der Waals surface area contributed by atoms with Crippen LogP contribution in [0.25, 0.3) is 39.4 Å². The topological polar surface area (TPSA) is 49.2 Å². The first-order chi connectivity index (χ1) is 24.3. The van der Waals surface area contributed by atoms with Crippen LogP contribution in [0.2, 0.25) is 0 Å². The van der Waals surface area contributed by atoms with Gasteiger partial charge in [0.05, 0.1) is 16.9 Å². The van der Waals surface area contributed by atoms with Crippen LogP contribution in [0.5, 0.6) is 23.0 Å². The summed E-state index contributed by atoms with van der Waals surface area (Å²) in [6, 6.07) is 39.0. The number of imidazole rings is 1. The number of para-hydroxylation sites is 3. The number of ether oxygens (including phenoxy) is 2. The van der Waals surface area contributed by atoms with Gasteiger partial charge in [-0.05, 0) is 77.9 Å². The maximum absolute atomic E-state index is 6.92. The average molecular weight is 845 g/mol. The van der Waals surface area contributed by atoms with Crippen LogP contribution in [0.3, 0.4) is 0 Å². The van der Waals surface area contributed by atoms with E-state index in [4.69, 9.17) is 14.5 Å². The zero-order valence-corrected chi connectivity index (χ0v) is 31.7. The number of aromatic nitrogens is 3. The van der Waals surface area contributed by atoms with E-state index in [1.807, 2.05) is 30.5 Å². The molecule has 0 fully saturated rings. The molecule has 4 heterocycles. The molecule has 0 N–H and O–H groups in total. The molecule has 0 saturated carbocycles. The SMILES string of the molecule is Cc1cccc(C)c1-n1c(-c2[c-]c3c(cc2)Oc2c(C(C)C)cc(C(C)C)c4c2B3c2[c-]c(-c3ccccn3)ccc2O4)nc2ccccc21.[Pt+2]. The molecule has 5 aromatic carbocycles. The Bertz CT molecular complexity index is 2440. The van der Waals surface area contributed by atoms with Crippen LogP contribution in [0, 0.1) is 26.0 Å². The van der Waals surface area contributed by atoms with Crippen molar-refractivity contribution in [2.24, 2.45) is 0 Å². The third kappa shape index (κ3) is 5.26. The minimum Gasteiger partial charge on any atom is -0.502 e. The average Bonchev–Trinajstić information content (AvgIpc) is 3.50. The second-order valence-corrected chi connectivity index (χ2v) is 14.1. The monoisotopic (exact) mass is 844 g/mol. The standard InChI is InChI=1S/C44H36BN3O2.Pt/c1-25(2)31-24-32(26(3)4)43-40-42(31)49-38-19-17-29(35-14-9-10-21-46-35)22-33(38)45(40)34-23-30(18-20-39(34)50-43)44-47-36-15-7-8-16-37(36)48(44)41-27(5)12-11-13-28(41)6;/h7-21,24-26H,1-6H3;/q-2;+2. The largest absolute Gasteiger partial charge is 2.00 e. The van der Waals surface area contributed by atoms with Gasteiger partial charge in [-0.2, -0.15) is 0 Å². The van der Waals surface area contributed by atoms with Crippen LogP contribution < -0.4 is 25.9 Å². The second-order valence-electron chi connectivity index (χ2n) is 14.1. The van der Waals surface area contributed by atoms with E-state index in [1.165, 1.54) is 22.3 Å². The van der Waals surface area contributed by atoms with Crippen molar-refractivity contribution in [2.75, 3.05) is 0 Å². The Morgan fingerprint density at radius 3 is 1.92 bits per heavy atom. The zero-order chi connectivity index (χ0) is 34.3. The molecule has 0 bridgehead atoms. The number of benzene rings is 5. The van der Waals surface area contributed by atoms with Crippen LogP contribution in [0.1, 0.15) is 61.8 Å². The summed E-state index contributed by atoms with van der Waals surface area (Å²) in [5.74, 6) is 4.68. The van der Waals surface area contributed by atoms with Crippen LogP contribution in [-0.2, 0) is 21.1 Å². The van der Waals surface area contributed by atoms with E-state index in [0.29, 0.717) is 0 Å². The molecule has 2 aromatic heterocycles. The van der Waals surface area contributed by atoms with Gasteiger partial charge in [0.2, 0.25) is 6.71 Å². The molecule has 0 amide bonds. The molecule has 7 aromatic rings. The molecule has 0 atom stereocenters. The molecule has 2 aliphatic rings. The Morgan fingerprint density at radius 2 is 1.29 bits per heavy atom. The van der Waals surface area contributed by atoms with Gasteiger partial charge in [0, 0.05) is 28.8 Å². The number of aryl methyl sites for hydroxylation is 2. The smallest absolute Gasteiger partial charge is 0.502 e. The van der Waals surface area contributed by atoms with Crippen molar-refractivity contribution >= 4 is 34.1 Å². The van der Waals surface area contributed by atoms with Crippen LogP contribution in [0.15, 0.2) is 97.2 Å². The molecular formula is C44H36BN3O2Pt. The van der Waals surface area contributed by atoms with Crippen LogP contribution >= 0.6 is 0 Å². The summed E-state index contributed by atoms with van der Waals surface area (Å²) in [4.78, 5) is 9.90. The van der Waals surface area contributed by atoms with Gasteiger partial charge in [0.15, 0.2) is 0 Å². The van der Waals surface area contributed by atoms with E-state index < -0.39 is 0 Å². The van der Waals surface area contributed by atoms with E-state index in [-0.39, 0.29) is 39.6 Å². The molecular weight excluding hydrogens is 808 g/mol. The fraction of sp³-hybridized carbons (Fsp3) is 0.182. The van der Waals surface area contributed by atoms with Gasteiger partial charge < -0.3 is 19.0 Å². The number of hydrogen-bond acceptors (Lipinski definition) is 4. The third-order valence-corrected chi connectivity index (χ3v) is 10.1. The first-order valence-electron chi connectivity index (χ1n) is 17.4. The fourth-order valence-corrected chi connectivity index (χ4v) is 7.71. The van der Waals surface area contributed by atoms with Crippen molar-refractivity contribution in [3.05, 3.63) is 132 Å². The Hall–Kier alpha value is -4.93. The predicted molar refractivity (Wildman–Crippen MR) is 203 cm³/mol. The first-order valence-corrected chi connectivity index (χ1v) is 17.4. The first kappa shape index (κ1) is 33.2. The van der Waals surface area contributed by atoms with E-state index in [9.17, 15) is 0 Å². The Labute approximate surface area is 314 Å². The quantitative estimate of drug-likeness (QED) is 0.128. The van der Waals surface area contributed by atoms with Crippen LogP contribution in [0.4, 0.5) is 0 Å². The molecule has 2 aliphatic heterocycles. The van der Waals surface area contributed by atoms with E-state index in [0.717, 1.165) is 78.8 Å². The molecule has 5 nitrogen and oxygen atoms in total. The molecule has 0 unspecified atom stereocenters. The minimum atomic E-state index is -0.217. The van der Waals surface area contributed by atoms with Crippen LogP contribution in [-0.4, -0.2) is 21.2 Å².